The highest BCUT2D eigenvalue weighted by Crippen LogP contribution is 2.28. The molecule has 0 saturated carbocycles. The molecule has 1 unspecified atom stereocenters. The molecule has 1 aliphatic heterocycles. The third-order valence-corrected chi connectivity index (χ3v) is 4.93. The lowest BCUT2D eigenvalue weighted by Gasteiger charge is -2.50. The van der Waals surface area contributed by atoms with Crippen LogP contribution in [0.4, 0.5) is 0 Å². The normalized spacial score (nSPS) is 22.4. The molecule has 19 heavy (non-hydrogen) atoms. The summed E-state index contributed by atoms with van der Waals surface area (Å²) in [6.07, 6.45) is 5.00. The number of nitrogens with zero attached hydrogens (tertiary/aromatic N) is 2. The van der Waals surface area contributed by atoms with Crippen LogP contribution in [0, 0.1) is 0 Å². The molecular formula is C16H35N3. The van der Waals surface area contributed by atoms with Crippen LogP contribution in [-0.2, 0) is 0 Å². The second kappa shape index (κ2) is 7.05. The molecule has 0 radical (unpaired) electrons. The van der Waals surface area contributed by atoms with Crippen LogP contribution in [0.1, 0.15) is 60.3 Å². The van der Waals surface area contributed by atoms with Crippen LogP contribution in [0.5, 0.6) is 0 Å². The monoisotopic (exact) mass is 269 g/mol. The molecule has 1 saturated heterocycles. The second-order valence-electron chi connectivity index (χ2n) is 7.03. The fourth-order valence-corrected chi connectivity index (χ4v) is 3.29. The maximum Gasteiger partial charge on any atom is 0.0330 e. The Bertz CT molecular complexity index is 245. The summed E-state index contributed by atoms with van der Waals surface area (Å²) in [5.41, 5.74) is 6.70. The van der Waals surface area contributed by atoms with Crippen LogP contribution >= 0.6 is 0 Å². The second-order valence-corrected chi connectivity index (χ2v) is 7.03. The van der Waals surface area contributed by atoms with Crippen LogP contribution in [0.15, 0.2) is 0 Å². The first-order valence-electron chi connectivity index (χ1n) is 8.10. The highest BCUT2D eigenvalue weighted by molar-refractivity contribution is 4.94. The zero-order valence-corrected chi connectivity index (χ0v) is 13.8. The first-order chi connectivity index (χ1) is 8.89. The van der Waals surface area contributed by atoms with E-state index in [1.54, 1.807) is 0 Å². The predicted molar refractivity (Wildman–Crippen MR) is 84.5 cm³/mol. The molecule has 0 aliphatic carbocycles. The Morgan fingerprint density at radius 1 is 0.947 bits per heavy atom. The Morgan fingerprint density at radius 2 is 1.47 bits per heavy atom. The predicted octanol–water partition coefficient (Wildman–Crippen LogP) is 2.70. The minimum atomic E-state index is 0.250. The summed E-state index contributed by atoms with van der Waals surface area (Å²) in [7, 11) is 0. The summed E-state index contributed by atoms with van der Waals surface area (Å²) in [6, 6.07) is 0. The van der Waals surface area contributed by atoms with Gasteiger partial charge in [0, 0.05) is 43.8 Å². The Balaban J connectivity index is 2.64. The summed E-state index contributed by atoms with van der Waals surface area (Å²) < 4.78 is 0. The van der Waals surface area contributed by atoms with Crippen molar-refractivity contribution < 1.29 is 0 Å². The smallest absolute Gasteiger partial charge is 0.0330 e. The molecular weight excluding hydrogens is 234 g/mol. The Hall–Kier alpha value is -0.120. The van der Waals surface area contributed by atoms with Crippen molar-refractivity contribution in [1.29, 1.82) is 0 Å². The summed E-state index contributed by atoms with van der Waals surface area (Å²) >= 11 is 0. The van der Waals surface area contributed by atoms with Crippen molar-refractivity contribution in [3.63, 3.8) is 0 Å². The molecule has 0 aromatic rings. The van der Waals surface area contributed by atoms with Gasteiger partial charge in [-0.25, -0.2) is 0 Å². The zero-order chi connectivity index (χ0) is 14.5. The molecule has 0 spiro atoms. The van der Waals surface area contributed by atoms with Gasteiger partial charge < -0.3 is 5.73 Å². The van der Waals surface area contributed by atoms with Crippen molar-refractivity contribution in [2.75, 3.05) is 32.7 Å². The van der Waals surface area contributed by atoms with Gasteiger partial charge in [0.05, 0.1) is 0 Å². The molecule has 1 aliphatic rings. The summed E-state index contributed by atoms with van der Waals surface area (Å²) in [5.74, 6) is 0. The lowest BCUT2D eigenvalue weighted by atomic mass is 9.87. The van der Waals surface area contributed by atoms with Crippen LogP contribution in [0.25, 0.3) is 0 Å². The number of rotatable bonds is 6. The fourth-order valence-electron chi connectivity index (χ4n) is 3.29. The van der Waals surface area contributed by atoms with Gasteiger partial charge in [-0.05, 0) is 33.6 Å². The van der Waals surface area contributed by atoms with Gasteiger partial charge in [-0.2, -0.15) is 0 Å². The molecule has 0 aromatic heterocycles. The molecule has 0 amide bonds. The highest BCUT2D eigenvalue weighted by atomic mass is 15.3. The topological polar surface area (TPSA) is 32.5 Å². The molecule has 1 atom stereocenters. The van der Waals surface area contributed by atoms with E-state index in [0.717, 1.165) is 6.54 Å². The minimum absolute atomic E-state index is 0.250. The maximum absolute atomic E-state index is 6.16. The van der Waals surface area contributed by atoms with E-state index >= 15 is 0 Å². The molecule has 1 rings (SSSR count). The van der Waals surface area contributed by atoms with Crippen molar-refractivity contribution in [3.8, 4) is 0 Å². The van der Waals surface area contributed by atoms with Crippen LogP contribution in [-0.4, -0.2) is 53.6 Å². The van der Waals surface area contributed by atoms with Gasteiger partial charge in [0.25, 0.3) is 0 Å². The Labute approximate surface area is 120 Å². The molecule has 3 heteroatoms. The molecule has 1 heterocycles. The Kier molecular flexibility index (Phi) is 6.28. The average Bonchev–Trinajstić information content (AvgIpc) is 2.40. The number of hydrogen-bond acceptors (Lipinski definition) is 3. The lowest BCUT2D eigenvalue weighted by Crippen LogP contribution is -2.62. The fraction of sp³-hybridized carbons (Fsp3) is 1.00. The number of nitrogens with two attached hydrogens (primary N) is 1. The third kappa shape index (κ3) is 4.17. The van der Waals surface area contributed by atoms with Gasteiger partial charge in [-0.15, -0.1) is 0 Å². The van der Waals surface area contributed by atoms with E-state index in [-0.39, 0.29) is 5.54 Å². The third-order valence-electron chi connectivity index (χ3n) is 4.93. The summed E-state index contributed by atoms with van der Waals surface area (Å²) in [6.45, 7) is 17.0. The molecule has 0 aromatic carbocycles. The minimum Gasteiger partial charge on any atom is -0.329 e. The molecule has 2 N–H and O–H groups in total. The van der Waals surface area contributed by atoms with E-state index in [1.165, 1.54) is 51.9 Å². The van der Waals surface area contributed by atoms with E-state index in [9.17, 15) is 0 Å². The van der Waals surface area contributed by atoms with Crippen molar-refractivity contribution in [1.82, 2.24) is 9.80 Å². The molecule has 0 bridgehead atoms. The number of hydrogen-bond donors (Lipinski definition) is 1. The molecule has 1 fully saturated rings. The highest BCUT2D eigenvalue weighted by Gasteiger charge is 2.36. The van der Waals surface area contributed by atoms with E-state index in [2.05, 4.69) is 44.4 Å². The van der Waals surface area contributed by atoms with Crippen molar-refractivity contribution in [2.24, 2.45) is 5.73 Å². The van der Waals surface area contributed by atoms with E-state index in [4.69, 9.17) is 5.73 Å². The first-order valence-corrected chi connectivity index (χ1v) is 8.10. The number of piperazine rings is 1. The van der Waals surface area contributed by atoms with Crippen molar-refractivity contribution in [3.05, 3.63) is 0 Å². The largest absolute Gasteiger partial charge is 0.329 e. The average molecular weight is 269 g/mol. The summed E-state index contributed by atoms with van der Waals surface area (Å²) in [4.78, 5) is 5.27. The van der Waals surface area contributed by atoms with Gasteiger partial charge in [-0.1, -0.05) is 26.7 Å². The van der Waals surface area contributed by atoms with Crippen LogP contribution in [0.2, 0.25) is 0 Å². The van der Waals surface area contributed by atoms with Gasteiger partial charge >= 0.3 is 0 Å². The van der Waals surface area contributed by atoms with Crippen molar-refractivity contribution >= 4 is 0 Å². The SMILES string of the molecule is CCCCC(CC)(CN)N1CCN(C(C)(C)C)CC1. The standard InChI is InChI=1S/C16H35N3/c1-6-8-9-16(7-2,14-17)19-12-10-18(11-13-19)15(3,4)5/h6-14,17H2,1-5H3. The van der Waals surface area contributed by atoms with Crippen LogP contribution in [0.3, 0.4) is 0 Å². The van der Waals surface area contributed by atoms with Gasteiger partial charge in [0.1, 0.15) is 0 Å². The van der Waals surface area contributed by atoms with Crippen LogP contribution < -0.4 is 5.73 Å². The van der Waals surface area contributed by atoms with E-state index in [1.807, 2.05) is 0 Å². The molecule has 114 valence electrons. The summed E-state index contributed by atoms with van der Waals surface area (Å²) in [5, 5.41) is 0. The first kappa shape index (κ1) is 16.9. The zero-order valence-electron chi connectivity index (χ0n) is 13.8. The quantitative estimate of drug-likeness (QED) is 0.805. The molecule has 3 nitrogen and oxygen atoms in total. The number of unbranched alkanes of at least 4 members (excludes halogenated alkanes) is 1. The van der Waals surface area contributed by atoms with Crippen molar-refractivity contribution in [2.45, 2.75) is 71.4 Å². The lowest BCUT2D eigenvalue weighted by molar-refractivity contribution is -0.00251. The Morgan fingerprint density at radius 3 is 1.84 bits per heavy atom. The maximum atomic E-state index is 6.16. The van der Waals surface area contributed by atoms with Gasteiger partial charge in [0.15, 0.2) is 0 Å². The van der Waals surface area contributed by atoms with Gasteiger partial charge in [-0.3, -0.25) is 9.80 Å². The van der Waals surface area contributed by atoms with E-state index in [0.29, 0.717) is 5.54 Å². The van der Waals surface area contributed by atoms with Gasteiger partial charge in [0.2, 0.25) is 0 Å². The van der Waals surface area contributed by atoms with E-state index < -0.39 is 0 Å².